The second kappa shape index (κ2) is 2.91. The summed E-state index contributed by atoms with van der Waals surface area (Å²) in [5, 5.41) is 0. The number of hydrogen-bond acceptors (Lipinski definition) is 3. The lowest BCUT2D eigenvalue weighted by Crippen LogP contribution is -2.37. The fourth-order valence-electron chi connectivity index (χ4n) is 1.03. The molecule has 0 aromatic rings. The maximum absolute atomic E-state index is 11.1. The van der Waals surface area contributed by atoms with Gasteiger partial charge in [0.25, 0.3) is 0 Å². The maximum atomic E-state index is 11.1. The van der Waals surface area contributed by atoms with E-state index < -0.39 is 0 Å². The minimum absolute atomic E-state index is 0.192. The van der Waals surface area contributed by atoms with Gasteiger partial charge in [-0.05, 0) is 12.8 Å². The van der Waals surface area contributed by atoms with Crippen molar-refractivity contribution in [3.8, 4) is 0 Å². The van der Waals surface area contributed by atoms with Crippen molar-refractivity contribution in [2.24, 2.45) is 5.92 Å². The molecular weight excluding hydrogens is 144 g/mol. The standard InChI is InChI=1S/C8H12O3/c9-8(6-1-2-6)5-11-7-3-10-4-7/h6-7H,1-5H2. The number of ketones is 1. The molecule has 2 fully saturated rings. The molecule has 1 saturated heterocycles. The van der Waals surface area contributed by atoms with Crippen molar-refractivity contribution in [3.63, 3.8) is 0 Å². The molecule has 62 valence electrons. The van der Waals surface area contributed by atoms with Gasteiger partial charge in [-0.15, -0.1) is 0 Å². The number of carbonyl (C=O) groups excluding carboxylic acids is 1. The first-order valence-corrected chi connectivity index (χ1v) is 4.08. The van der Waals surface area contributed by atoms with Crippen molar-refractivity contribution >= 4 is 5.78 Å². The molecule has 0 bridgehead atoms. The predicted molar refractivity (Wildman–Crippen MR) is 38.3 cm³/mol. The first-order chi connectivity index (χ1) is 5.36. The van der Waals surface area contributed by atoms with Crippen LogP contribution in [-0.4, -0.2) is 31.7 Å². The van der Waals surface area contributed by atoms with Gasteiger partial charge in [0.05, 0.1) is 13.2 Å². The lowest BCUT2D eigenvalue weighted by Gasteiger charge is -2.25. The molecular formula is C8H12O3. The molecule has 1 heterocycles. The first-order valence-electron chi connectivity index (χ1n) is 4.08. The highest BCUT2D eigenvalue weighted by Gasteiger charge is 2.30. The smallest absolute Gasteiger partial charge is 0.161 e. The summed E-state index contributed by atoms with van der Waals surface area (Å²) in [6, 6.07) is 0. The van der Waals surface area contributed by atoms with Crippen molar-refractivity contribution in [3.05, 3.63) is 0 Å². The van der Waals surface area contributed by atoms with Gasteiger partial charge in [-0.25, -0.2) is 0 Å². The zero-order valence-corrected chi connectivity index (χ0v) is 6.41. The van der Waals surface area contributed by atoms with E-state index in [0.717, 1.165) is 12.8 Å². The van der Waals surface area contributed by atoms with Gasteiger partial charge >= 0.3 is 0 Å². The molecule has 0 amide bonds. The van der Waals surface area contributed by atoms with Crippen LogP contribution in [-0.2, 0) is 14.3 Å². The lowest BCUT2D eigenvalue weighted by atomic mass is 10.3. The maximum Gasteiger partial charge on any atom is 0.161 e. The van der Waals surface area contributed by atoms with Crippen LogP contribution in [0, 0.1) is 5.92 Å². The van der Waals surface area contributed by atoms with Crippen LogP contribution in [0.15, 0.2) is 0 Å². The van der Waals surface area contributed by atoms with E-state index in [1.165, 1.54) is 0 Å². The Bertz CT molecular complexity index is 159. The van der Waals surface area contributed by atoms with E-state index in [-0.39, 0.29) is 11.9 Å². The summed E-state index contributed by atoms with van der Waals surface area (Å²) in [6.07, 6.45) is 2.34. The van der Waals surface area contributed by atoms with Crippen molar-refractivity contribution < 1.29 is 14.3 Å². The van der Waals surface area contributed by atoms with Gasteiger partial charge < -0.3 is 9.47 Å². The number of carbonyl (C=O) groups is 1. The zero-order chi connectivity index (χ0) is 7.68. The summed E-state index contributed by atoms with van der Waals surface area (Å²) < 4.78 is 10.2. The molecule has 2 aliphatic rings. The van der Waals surface area contributed by atoms with Crippen LogP contribution in [0.2, 0.25) is 0 Å². The number of ether oxygens (including phenoxy) is 2. The Hall–Kier alpha value is -0.410. The Labute approximate surface area is 65.7 Å². The van der Waals surface area contributed by atoms with Gasteiger partial charge in [-0.3, -0.25) is 4.79 Å². The normalized spacial score (nSPS) is 24.7. The molecule has 1 aliphatic carbocycles. The Morgan fingerprint density at radius 3 is 2.64 bits per heavy atom. The highest BCUT2D eigenvalue weighted by molar-refractivity contribution is 5.84. The molecule has 1 aliphatic heterocycles. The average molecular weight is 156 g/mol. The van der Waals surface area contributed by atoms with Crippen molar-refractivity contribution in [1.29, 1.82) is 0 Å². The lowest BCUT2D eigenvalue weighted by molar-refractivity contribution is -0.147. The third-order valence-corrected chi connectivity index (χ3v) is 2.10. The minimum Gasteiger partial charge on any atom is -0.376 e. The largest absolute Gasteiger partial charge is 0.376 e. The molecule has 1 saturated carbocycles. The van der Waals surface area contributed by atoms with Gasteiger partial charge in [0.15, 0.2) is 5.78 Å². The van der Waals surface area contributed by atoms with Crippen LogP contribution < -0.4 is 0 Å². The van der Waals surface area contributed by atoms with Crippen LogP contribution in [0.25, 0.3) is 0 Å². The van der Waals surface area contributed by atoms with E-state index in [4.69, 9.17) is 9.47 Å². The van der Waals surface area contributed by atoms with Crippen molar-refractivity contribution in [2.45, 2.75) is 18.9 Å². The Morgan fingerprint density at radius 1 is 1.45 bits per heavy atom. The van der Waals surface area contributed by atoms with Crippen LogP contribution in [0.3, 0.4) is 0 Å². The summed E-state index contributed by atoms with van der Waals surface area (Å²) >= 11 is 0. The minimum atomic E-state index is 0.192. The highest BCUT2D eigenvalue weighted by Crippen LogP contribution is 2.29. The van der Waals surface area contributed by atoms with Gasteiger partial charge in [-0.1, -0.05) is 0 Å². The number of Topliss-reactive ketones (excluding diaryl/α,β-unsaturated/α-hetero) is 1. The molecule has 0 aromatic carbocycles. The topological polar surface area (TPSA) is 35.5 Å². The Morgan fingerprint density at radius 2 is 2.18 bits per heavy atom. The van der Waals surface area contributed by atoms with Crippen LogP contribution in [0.5, 0.6) is 0 Å². The van der Waals surface area contributed by atoms with Crippen LogP contribution >= 0.6 is 0 Å². The average Bonchev–Trinajstić information content (AvgIpc) is 2.64. The molecule has 0 atom stereocenters. The molecule has 0 radical (unpaired) electrons. The van der Waals surface area contributed by atoms with Gasteiger partial charge in [-0.2, -0.15) is 0 Å². The summed E-state index contributed by atoms with van der Waals surface area (Å²) in [6.45, 7) is 1.63. The third kappa shape index (κ3) is 1.79. The Balaban J connectivity index is 1.60. The highest BCUT2D eigenvalue weighted by atomic mass is 16.6. The van der Waals surface area contributed by atoms with Gasteiger partial charge in [0, 0.05) is 5.92 Å². The molecule has 0 spiro atoms. The van der Waals surface area contributed by atoms with E-state index in [2.05, 4.69) is 0 Å². The summed E-state index contributed by atoms with van der Waals surface area (Å²) in [5.74, 6) is 0.605. The zero-order valence-electron chi connectivity index (χ0n) is 6.41. The van der Waals surface area contributed by atoms with E-state index in [1.54, 1.807) is 0 Å². The van der Waals surface area contributed by atoms with E-state index in [0.29, 0.717) is 25.7 Å². The summed E-state index contributed by atoms with van der Waals surface area (Å²) in [4.78, 5) is 11.1. The first kappa shape index (κ1) is 7.25. The van der Waals surface area contributed by atoms with Gasteiger partial charge in [0.1, 0.15) is 12.7 Å². The molecule has 3 heteroatoms. The number of rotatable bonds is 4. The molecule has 2 rings (SSSR count). The quantitative estimate of drug-likeness (QED) is 0.590. The third-order valence-electron chi connectivity index (χ3n) is 2.10. The monoisotopic (exact) mass is 156 g/mol. The van der Waals surface area contributed by atoms with Crippen molar-refractivity contribution in [1.82, 2.24) is 0 Å². The second-order valence-electron chi connectivity index (χ2n) is 3.21. The Kier molecular flexibility index (Phi) is 1.92. The molecule has 0 N–H and O–H groups in total. The van der Waals surface area contributed by atoms with Gasteiger partial charge in [0.2, 0.25) is 0 Å². The fraction of sp³-hybridized carbons (Fsp3) is 0.875. The van der Waals surface area contributed by atoms with Crippen LogP contribution in [0.4, 0.5) is 0 Å². The van der Waals surface area contributed by atoms with E-state index >= 15 is 0 Å². The SMILES string of the molecule is O=C(COC1COC1)C1CC1. The summed E-state index contributed by atoms with van der Waals surface area (Å²) in [7, 11) is 0. The van der Waals surface area contributed by atoms with E-state index in [1.807, 2.05) is 0 Å². The molecule has 0 aromatic heterocycles. The van der Waals surface area contributed by atoms with Crippen LogP contribution in [0.1, 0.15) is 12.8 Å². The van der Waals surface area contributed by atoms with Crippen molar-refractivity contribution in [2.75, 3.05) is 19.8 Å². The molecule has 3 nitrogen and oxygen atoms in total. The number of hydrogen-bond donors (Lipinski definition) is 0. The van der Waals surface area contributed by atoms with E-state index in [9.17, 15) is 4.79 Å². The summed E-state index contributed by atoms with van der Waals surface area (Å²) in [5.41, 5.74) is 0. The second-order valence-corrected chi connectivity index (χ2v) is 3.21. The predicted octanol–water partition coefficient (Wildman–Crippen LogP) is 0.381. The molecule has 11 heavy (non-hydrogen) atoms. The molecule has 0 unspecified atom stereocenters. The fourth-order valence-corrected chi connectivity index (χ4v) is 1.03.